The monoisotopic (exact) mass is 207 g/mol. The van der Waals surface area contributed by atoms with Gasteiger partial charge in [-0.1, -0.05) is 17.0 Å². The Bertz CT molecular complexity index is 458. The van der Waals surface area contributed by atoms with Crippen molar-refractivity contribution >= 4 is 11.0 Å². The maximum atomic E-state index is 5.54. The van der Waals surface area contributed by atoms with Crippen molar-refractivity contribution in [3.05, 3.63) is 24.3 Å². The Morgan fingerprint density at radius 2 is 2.00 bits per heavy atom. The molecule has 0 fully saturated rings. The number of aromatic nitrogens is 3. The van der Waals surface area contributed by atoms with Gasteiger partial charge in [-0.3, -0.25) is 4.48 Å². The third-order valence-corrected chi connectivity index (χ3v) is 1.89. The van der Waals surface area contributed by atoms with Gasteiger partial charge in [-0.2, -0.15) is 0 Å². The minimum Gasteiger partial charge on any atom is -0.339 e. The molecule has 15 heavy (non-hydrogen) atoms. The molecule has 2 aromatic rings. The van der Waals surface area contributed by atoms with E-state index in [9.17, 15) is 0 Å². The molecule has 80 valence electrons. The highest BCUT2D eigenvalue weighted by Crippen LogP contribution is 2.08. The fourth-order valence-electron chi connectivity index (χ4n) is 1.17. The highest BCUT2D eigenvalue weighted by atomic mass is 16.7. The van der Waals surface area contributed by atoms with E-state index in [-0.39, 0.29) is 0 Å². The van der Waals surface area contributed by atoms with Gasteiger partial charge in [0, 0.05) is 0 Å². The van der Waals surface area contributed by atoms with E-state index in [1.54, 1.807) is 0 Å². The zero-order valence-corrected chi connectivity index (χ0v) is 9.21. The zero-order chi connectivity index (χ0) is 10.9. The van der Waals surface area contributed by atoms with Gasteiger partial charge in [0.05, 0.1) is 21.1 Å². The van der Waals surface area contributed by atoms with Gasteiger partial charge in [0.2, 0.25) is 6.73 Å². The molecule has 2 rings (SSSR count). The molecule has 0 bridgehead atoms. The molecule has 0 aliphatic carbocycles. The van der Waals surface area contributed by atoms with Crippen molar-refractivity contribution < 1.29 is 9.32 Å². The van der Waals surface area contributed by atoms with Crippen LogP contribution in [0, 0.1) is 0 Å². The summed E-state index contributed by atoms with van der Waals surface area (Å²) in [6.07, 6.45) is 0. The number of fused-ring (bicyclic) bond motifs is 1. The number of para-hydroxylation sites is 1. The first-order valence-corrected chi connectivity index (χ1v) is 4.80. The molecule has 0 aliphatic heterocycles. The molecular formula is C10H15N4O+. The fourth-order valence-corrected chi connectivity index (χ4v) is 1.17. The summed E-state index contributed by atoms with van der Waals surface area (Å²) >= 11 is 0. The van der Waals surface area contributed by atoms with Crippen molar-refractivity contribution in [3.8, 4) is 0 Å². The predicted molar refractivity (Wildman–Crippen MR) is 57.0 cm³/mol. The van der Waals surface area contributed by atoms with Gasteiger partial charge in [0.1, 0.15) is 11.0 Å². The first-order chi connectivity index (χ1) is 7.06. The van der Waals surface area contributed by atoms with Crippen LogP contribution in [-0.2, 0) is 0 Å². The zero-order valence-electron chi connectivity index (χ0n) is 9.21. The number of hydrogen-bond donors (Lipinski definition) is 0. The lowest BCUT2D eigenvalue weighted by Crippen LogP contribution is -2.40. The maximum absolute atomic E-state index is 5.54. The molecule has 0 saturated carbocycles. The second-order valence-electron chi connectivity index (χ2n) is 4.50. The van der Waals surface area contributed by atoms with Gasteiger partial charge < -0.3 is 4.84 Å². The van der Waals surface area contributed by atoms with Crippen LogP contribution >= 0.6 is 0 Å². The smallest absolute Gasteiger partial charge is 0.247 e. The quantitative estimate of drug-likeness (QED) is 0.544. The van der Waals surface area contributed by atoms with Gasteiger partial charge in [-0.25, -0.2) is 0 Å². The molecule has 5 nitrogen and oxygen atoms in total. The average molecular weight is 207 g/mol. The summed E-state index contributed by atoms with van der Waals surface area (Å²) in [5, 5.41) is 7.93. The molecular weight excluding hydrogens is 192 g/mol. The van der Waals surface area contributed by atoms with Gasteiger partial charge in [-0.05, 0) is 17.3 Å². The first-order valence-electron chi connectivity index (χ1n) is 4.80. The van der Waals surface area contributed by atoms with Gasteiger partial charge in [0.25, 0.3) is 0 Å². The summed E-state index contributed by atoms with van der Waals surface area (Å²) < 4.78 is 0.716. The van der Waals surface area contributed by atoms with Crippen molar-refractivity contribution in [2.45, 2.75) is 0 Å². The van der Waals surface area contributed by atoms with Crippen LogP contribution in [0.5, 0.6) is 0 Å². The first kappa shape index (κ1) is 9.92. The molecule has 1 heterocycles. The molecule has 0 spiro atoms. The maximum Gasteiger partial charge on any atom is 0.247 e. The van der Waals surface area contributed by atoms with E-state index in [4.69, 9.17) is 4.84 Å². The molecule has 1 aromatic carbocycles. The Hall–Kier alpha value is -1.62. The van der Waals surface area contributed by atoms with Crippen LogP contribution in [-0.4, -0.2) is 47.5 Å². The number of rotatable bonds is 3. The van der Waals surface area contributed by atoms with E-state index in [1.807, 2.05) is 24.3 Å². The second kappa shape index (κ2) is 3.51. The Kier molecular flexibility index (Phi) is 2.32. The molecule has 0 N–H and O–H groups in total. The Labute approximate surface area is 88.4 Å². The van der Waals surface area contributed by atoms with Crippen LogP contribution in [0.3, 0.4) is 0 Å². The third-order valence-electron chi connectivity index (χ3n) is 1.89. The molecule has 0 saturated heterocycles. The van der Waals surface area contributed by atoms with Crippen molar-refractivity contribution in [2.24, 2.45) is 0 Å². The van der Waals surface area contributed by atoms with E-state index in [0.29, 0.717) is 11.2 Å². The van der Waals surface area contributed by atoms with Crippen molar-refractivity contribution in [1.82, 2.24) is 15.2 Å². The second-order valence-corrected chi connectivity index (χ2v) is 4.50. The lowest BCUT2D eigenvalue weighted by Gasteiger charge is -2.22. The summed E-state index contributed by atoms with van der Waals surface area (Å²) in [4.78, 5) is 7.01. The van der Waals surface area contributed by atoms with Crippen LogP contribution < -0.4 is 4.84 Å². The summed E-state index contributed by atoms with van der Waals surface area (Å²) in [6, 6.07) is 7.72. The van der Waals surface area contributed by atoms with E-state index in [1.165, 1.54) is 4.85 Å². The minimum absolute atomic E-state index is 0.549. The standard InChI is InChI=1S/C10H15N4O/c1-14(2,3)8-15-13-10-7-5-4-6-9(10)11-12-13/h4-7H,8H2,1-3H3/q+1. The number of benzene rings is 1. The molecule has 0 radical (unpaired) electrons. The summed E-state index contributed by atoms with van der Waals surface area (Å²) in [7, 11) is 6.16. The van der Waals surface area contributed by atoms with E-state index in [0.717, 1.165) is 11.0 Å². The minimum atomic E-state index is 0.549. The largest absolute Gasteiger partial charge is 0.339 e. The molecule has 1 aromatic heterocycles. The van der Waals surface area contributed by atoms with Crippen LogP contribution in [0.25, 0.3) is 11.0 Å². The van der Waals surface area contributed by atoms with Crippen molar-refractivity contribution in [3.63, 3.8) is 0 Å². The Balaban J connectivity index is 2.22. The summed E-state index contributed by atoms with van der Waals surface area (Å²) in [5.41, 5.74) is 1.74. The summed E-state index contributed by atoms with van der Waals surface area (Å²) in [5.74, 6) is 0. The van der Waals surface area contributed by atoms with Gasteiger partial charge in [-0.15, -0.1) is 5.10 Å². The van der Waals surface area contributed by atoms with Gasteiger partial charge >= 0.3 is 0 Å². The average Bonchev–Trinajstić information content (AvgIpc) is 2.57. The van der Waals surface area contributed by atoms with Crippen molar-refractivity contribution in [1.29, 1.82) is 0 Å². The van der Waals surface area contributed by atoms with E-state index >= 15 is 0 Å². The Morgan fingerprint density at radius 1 is 1.27 bits per heavy atom. The van der Waals surface area contributed by atoms with Gasteiger partial charge in [0.15, 0.2) is 0 Å². The summed E-state index contributed by atoms with van der Waals surface area (Å²) in [6.45, 7) is 0.549. The SMILES string of the molecule is C[N+](C)(C)COn1nnc2ccccc21. The van der Waals surface area contributed by atoms with Crippen molar-refractivity contribution in [2.75, 3.05) is 27.9 Å². The fraction of sp³-hybridized carbons (Fsp3) is 0.400. The molecule has 0 atom stereocenters. The highest BCUT2D eigenvalue weighted by molar-refractivity contribution is 5.73. The number of quaternary nitrogens is 1. The van der Waals surface area contributed by atoms with E-state index < -0.39 is 0 Å². The van der Waals surface area contributed by atoms with Crippen LogP contribution in [0.1, 0.15) is 0 Å². The predicted octanol–water partition coefficient (Wildman–Crippen LogP) is 0.524. The highest BCUT2D eigenvalue weighted by Gasteiger charge is 2.10. The lowest BCUT2D eigenvalue weighted by atomic mass is 10.3. The number of hydrogen-bond acceptors (Lipinski definition) is 3. The van der Waals surface area contributed by atoms with Crippen LogP contribution in [0.2, 0.25) is 0 Å². The number of nitrogens with zero attached hydrogens (tertiary/aromatic N) is 4. The molecule has 5 heteroatoms. The van der Waals surface area contributed by atoms with Crippen LogP contribution in [0.15, 0.2) is 24.3 Å². The van der Waals surface area contributed by atoms with Crippen LogP contribution in [0.4, 0.5) is 0 Å². The lowest BCUT2D eigenvalue weighted by molar-refractivity contribution is -0.889. The molecule has 0 aliphatic rings. The molecule has 0 amide bonds. The third kappa shape index (κ3) is 2.24. The Morgan fingerprint density at radius 3 is 2.73 bits per heavy atom. The molecule has 0 unspecified atom stereocenters. The topological polar surface area (TPSA) is 39.9 Å². The normalized spacial score (nSPS) is 11.9. The van der Waals surface area contributed by atoms with E-state index in [2.05, 4.69) is 31.5 Å².